The summed E-state index contributed by atoms with van der Waals surface area (Å²) in [6.07, 6.45) is 0. The summed E-state index contributed by atoms with van der Waals surface area (Å²) in [6, 6.07) is 0. The van der Waals surface area contributed by atoms with Gasteiger partial charge in [-0.15, -0.1) is 22.2 Å². The van der Waals surface area contributed by atoms with Crippen LogP contribution in [0.4, 0.5) is 0 Å². The van der Waals surface area contributed by atoms with Gasteiger partial charge in [-0.25, -0.2) is 0 Å². The zero-order valence-electron chi connectivity index (χ0n) is 10.7. The fourth-order valence-corrected chi connectivity index (χ4v) is 21.7. The van der Waals surface area contributed by atoms with Crippen molar-refractivity contribution in [2.24, 2.45) is 0 Å². The average Bonchev–Trinajstić information content (AvgIpc) is 1.65. The van der Waals surface area contributed by atoms with E-state index in [-0.39, 0.29) is 0 Å². The summed E-state index contributed by atoms with van der Waals surface area (Å²) >= 11 is 24.3. The van der Waals surface area contributed by atoms with Crippen molar-refractivity contribution >= 4 is 75.3 Å². The Morgan fingerprint density at radius 1 is 0.588 bits per heavy atom. The van der Waals surface area contributed by atoms with E-state index < -0.39 is 31.0 Å². The highest BCUT2D eigenvalue weighted by Gasteiger charge is 2.47. The Morgan fingerprint density at radius 2 is 0.941 bits per heavy atom. The number of hydrogen-bond donors (Lipinski definition) is 0. The van der Waals surface area contributed by atoms with Crippen LogP contribution >= 0.6 is 44.3 Å². The minimum Gasteiger partial charge on any atom is -0.425 e. The van der Waals surface area contributed by atoms with Gasteiger partial charge in [0, 0.05) is 0 Å². The van der Waals surface area contributed by atoms with Crippen molar-refractivity contribution in [2.45, 2.75) is 39.3 Å². The van der Waals surface area contributed by atoms with Crippen molar-refractivity contribution in [1.29, 1.82) is 0 Å². The van der Waals surface area contributed by atoms with Gasteiger partial charge in [0.25, 0.3) is 15.3 Å². The average molecular weight is 392 g/mol. The molecule has 0 bridgehead atoms. The first kappa shape index (κ1) is 18.9. The van der Waals surface area contributed by atoms with Gasteiger partial charge in [-0.3, -0.25) is 0 Å². The van der Waals surface area contributed by atoms with Crippen molar-refractivity contribution in [3.8, 4) is 0 Å². The minimum atomic E-state index is -3.30. The van der Waals surface area contributed by atoms with Crippen molar-refractivity contribution in [3.05, 3.63) is 0 Å². The molecule has 0 aromatic rings. The van der Waals surface area contributed by atoms with Crippen molar-refractivity contribution in [3.63, 3.8) is 0 Å². The van der Waals surface area contributed by atoms with E-state index in [9.17, 15) is 0 Å². The Morgan fingerprint density at radius 3 is 1.24 bits per heavy atom. The molecule has 0 N–H and O–H groups in total. The predicted molar refractivity (Wildman–Crippen MR) is 84.9 cm³/mol. The number of rotatable bonds is 6. The fraction of sp³-hybridized carbons (Fsp3) is 1.00. The molecule has 0 rings (SSSR count). The molecule has 104 valence electrons. The molecule has 0 heterocycles. The lowest BCUT2D eigenvalue weighted by atomic mass is 11.9. The van der Waals surface area contributed by atoms with E-state index in [4.69, 9.17) is 56.7 Å². The van der Waals surface area contributed by atoms with Crippen LogP contribution in [0.5, 0.6) is 0 Å². The lowest BCUT2D eigenvalue weighted by Gasteiger charge is -2.34. The Labute approximate surface area is 126 Å². The van der Waals surface area contributed by atoms with Crippen molar-refractivity contribution in [2.75, 3.05) is 0 Å². The molecule has 0 atom stereocenters. The van der Waals surface area contributed by atoms with E-state index in [0.717, 1.165) is 0 Å². The number of halogens is 4. The topological polar surface area (TPSA) is 27.7 Å². The van der Waals surface area contributed by atoms with Gasteiger partial charge in [0.2, 0.25) is 0 Å². The normalized spacial score (nSPS) is 15.2. The van der Waals surface area contributed by atoms with Crippen LogP contribution in [0.15, 0.2) is 0 Å². The lowest BCUT2D eigenvalue weighted by Crippen LogP contribution is -2.52. The van der Waals surface area contributed by atoms with Crippen LogP contribution in [0.2, 0.25) is 39.3 Å². The van der Waals surface area contributed by atoms with Gasteiger partial charge in [0.05, 0.1) is 0 Å². The van der Waals surface area contributed by atoms with Gasteiger partial charge in [0.15, 0.2) is 0 Å². The Bertz CT molecular complexity index is 237. The van der Waals surface area contributed by atoms with E-state index in [1.165, 1.54) is 0 Å². The molecule has 0 unspecified atom stereocenters. The second-order valence-corrected chi connectivity index (χ2v) is 25.6. The molecule has 0 aliphatic heterocycles. The summed E-state index contributed by atoms with van der Waals surface area (Å²) in [5, 5.41) is 0. The zero-order valence-corrected chi connectivity index (χ0v) is 17.8. The predicted octanol–water partition coefficient (Wildman–Crippen LogP) is 4.53. The van der Waals surface area contributed by atoms with Crippen LogP contribution < -0.4 is 0 Å². The van der Waals surface area contributed by atoms with Crippen LogP contribution in [-0.2, 0) is 12.3 Å². The largest absolute Gasteiger partial charge is 0.532 e. The Kier molecular flexibility index (Phi) is 6.81. The van der Waals surface area contributed by atoms with Gasteiger partial charge in [-0.2, -0.15) is 0 Å². The Hall–Kier alpha value is 1.91. The highest BCUT2D eigenvalue weighted by Crippen LogP contribution is 2.30. The summed E-state index contributed by atoms with van der Waals surface area (Å²) in [6.45, 7) is 10.9. The zero-order chi connectivity index (χ0) is 14.1. The van der Waals surface area contributed by atoms with Crippen LogP contribution in [0.25, 0.3) is 0 Å². The molecule has 0 aromatic heterocycles. The second-order valence-electron chi connectivity index (χ2n) is 4.90. The number of hydrogen-bond acceptors (Lipinski definition) is 3. The van der Waals surface area contributed by atoms with Gasteiger partial charge in [-0.1, -0.05) is 22.2 Å². The maximum absolute atomic E-state index is 6.12. The standard InChI is InChI=1S/C6H18Cl4O3Si4/c1-14(2,7)11-16(5,6)13-17(9,10)12-15(3,4)8/h1-6H3. The molecule has 0 fully saturated rings. The van der Waals surface area contributed by atoms with E-state index in [1.807, 2.05) is 26.2 Å². The SMILES string of the molecule is C[Si](C)(Cl)O[Si](C)(C)O[Si](Cl)(Cl)O[Si](C)(C)Cl. The molecular formula is C6H18Cl4O3Si4. The van der Waals surface area contributed by atoms with Crippen molar-refractivity contribution < 1.29 is 12.3 Å². The molecule has 0 amide bonds. The van der Waals surface area contributed by atoms with Gasteiger partial charge < -0.3 is 12.3 Å². The summed E-state index contributed by atoms with van der Waals surface area (Å²) in [5.74, 6) is 0. The highest BCUT2D eigenvalue weighted by atomic mass is 35.7. The van der Waals surface area contributed by atoms with E-state index in [0.29, 0.717) is 0 Å². The molecule has 0 spiro atoms. The molecule has 17 heavy (non-hydrogen) atoms. The first-order valence-corrected chi connectivity index (χ1v) is 19.5. The summed E-state index contributed by atoms with van der Waals surface area (Å²) in [4.78, 5) is 0. The van der Waals surface area contributed by atoms with Gasteiger partial charge >= 0.3 is 15.7 Å². The molecular weight excluding hydrogens is 374 g/mol. The van der Waals surface area contributed by atoms with Crippen LogP contribution in [0.3, 0.4) is 0 Å². The minimum absolute atomic E-state index is 1.78. The smallest absolute Gasteiger partial charge is 0.425 e. The van der Waals surface area contributed by atoms with E-state index in [2.05, 4.69) is 0 Å². The first-order valence-electron chi connectivity index (χ1n) is 4.98. The molecule has 0 aromatic carbocycles. The quantitative estimate of drug-likeness (QED) is 0.491. The summed E-state index contributed by atoms with van der Waals surface area (Å²) < 4.78 is 16.9. The molecule has 0 saturated carbocycles. The van der Waals surface area contributed by atoms with Crippen molar-refractivity contribution in [1.82, 2.24) is 0 Å². The monoisotopic (exact) mass is 390 g/mol. The summed E-state index contributed by atoms with van der Waals surface area (Å²) in [7, 11) is -10.4. The highest BCUT2D eigenvalue weighted by molar-refractivity contribution is 7.43. The first-order chi connectivity index (χ1) is 7.12. The van der Waals surface area contributed by atoms with E-state index in [1.54, 1.807) is 13.1 Å². The van der Waals surface area contributed by atoms with Crippen LogP contribution in [0, 0.1) is 0 Å². The molecule has 0 radical (unpaired) electrons. The molecule has 3 nitrogen and oxygen atoms in total. The third-order valence-electron chi connectivity index (χ3n) is 1.21. The van der Waals surface area contributed by atoms with Gasteiger partial charge in [0.1, 0.15) is 0 Å². The third-order valence-corrected chi connectivity index (χ3v) is 15.1. The van der Waals surface area contributed by atoms with Crippen LogP contribution in [0.1, 0.15) is 0 Å². The summed E-state index contributed by atoms with van der Waals surface area (Å²) in [5.41, 5.74) is 0. The van der Waals surface area contributed by atoms with Crippen LogP contribution in [-0.4, -0.2) is 31.0 Å². The molecule has 0 aliphatic carbocycles. The fourth-order valence-electron chi connectivity index (χ4n) is 1.19. The third kappa shape index (κ3) is 11.4. The molecule has 0 saturated heterocycles. The Balaban J connectivity index is 4.59. The second kappa shape index (κ2) is 6.13. The lowest BCUT2D eigenvalue weighted by molar-refractivity contribution is 0.361. The maximum atomic E-state index is 6.12. The molecule has 11 heteroatoms. The van der Waals surface area contributed by atoms with E-state index >= 15 is 0 Å². The van der Waals surface area contributed by atoms with Gasteiger partial charge in [-0.05, 0) is 39.3 Å². The molecule has 0 aliphatic rings. The maximum Gasteiger partial charge on any atom is 0.532 e.